The zero-order valence-corrected chi connectivity index (χ0v) is 12.3. The molecule has 2 aromatic rings. The Morgan fingerprint density at radius 3 is 2.65 bits per heavy atom. The number of aliphatic carboxylic acids is 1. The third kappa shape index (κ3) is 2.74. The standard InChI is InChI=1S/C16H20N2O2/c1-10-6-5-7-14(8-10)18-13(4)15(12(3)17-18)9-11(2)16(19)20/h5-8,11H,9H2,1-4H3,(H,19,20). The SMILES string of the molecule is Cc1cccc(-n2nc(C)c(CC(C)C(=O)O)c2C)c1. The van der Waals surface area contributed by atoms with Crippen molar-refractivity contribution in [3.05, 3.63) is 46.8 Å². The third-order valence-corrected chi connectivity index (χ3v) is 3.62. The topological polar surface area (TPSA) is 55.1 Å². The van der Waals surface area contributed by atoms with Gasteiger partial charge >= 0.3 is 5.97 Å². The third-order valence-electron chi connectivity index (χ3n) is 3.62. The molecule has 4 nitrogen and oxygen atoms in total. The number of carboxylic acid groups (broad SMARTS) is 1. The molecule has 0 aliphatic rings. The summed E-state index contributed by atoms with van der Waals surface area (Å²) < 4.78 is 1.90. The Hall–Kier alpha value is -2.10. The van der Waals surface area contributed by atoms with E-state index in [9.17, 15) is 4.79 Å². The maximum Gasteiger partial charge on any atom is 0.306 e. The van der Waals surface area contributed by atoms with E-state index in [1.165, 1.54) is 5.56 Å². The number of hydrogen-bond acceptors (Lipinski definition) is 2. The fourth-order valence-corrected chi connectivity index (χ4v) is 2.37. The van der Waals surface area contributed by atoms with Crippen LogP contribution in [-0.4, -0.2) is 20.9 Å². The summed E-state index contributed by atoms with van der Waals surface area (Å²) in [5.74, 6) is -1.17. The Balaban J connectivity index is 2.41. The van der Waals surface area contributed by atoms with Gasteiger partial charge in [0, 0.05) is 5.69 Å². The van der Waals surface area contributed by atoms with E-state index in [4.69, 9.17) is 5.11 Å². The first-order chi connectivity index (χ1) is 9.40. The number of aryl methyl sites for hydroxylation is 2. The van der Waals surface area contributed by atoms with Gasteiger partial charge in [-0.05, 0) is 50.5 Å². The smallest absolute Gasteiger partial charge is 0.306 e. The summed E-state index contributed by atoms with van der Waals surface area (Å²) in [4.78, 5) is 11.0. The van der Waals surface area contributed by atoms with Crippen LogP contribution in [0.15, 0.2) is 24.3 Å². The molecule has 106 valence electrons. The number of nitrogens with zero attached hydrogens (tertiary/aromatic N) is 2. The summed E-state index contributed by atoms with van der Waals surface area (Å²) in [7, 11) is 0. The quantitative estimate of drug-likeness (QED) is 0.930. The van der Waals surface area contributed by atoms with Crippen LogP contribution >= 0.6 is 0 Å². The maximum absolute atomic E-state index is 11.0. The molecule has 0 fully saturated rings. The zero-order valence-electron chi connectivity index (χ0n) is 12.3. The van der Waals surface area contributed by atoms with Crippen LogP contribution in [0.2, 0.25) is 0 Å². The molecule has 1 aromatic heterocycles. The van der Waals surface area contributed by atoms with Gasteiger partial charge < -0.3 is 5.11 Å². The van der Waals surface area contributed by atoms with Gasteiger partial charge in [-0.3, -0.25) is 4.79 Å². The van der Waals surface area contributed by atoms with Crippen LogP contribution in [0, 0.1) is 26.7 Å². The maximum atomic E-state index is 11.0. The van der Waals surface area contributed by atoms with Gasteiger partial charge in [0.1, 0.15) is 0 Å². The zero-order chi connectivity index (χ0) is 14.9. The number of carboxylic acids is 1. The molecule has 0 aliphatic carbocycles. The van der Waals surface area contributed by atoms with Crippen molar-refractivity contribution in [1.29, 1.82) is 0 Å². The summed E-state index contributed by atoms with van der Waals surface area (Å²) in [5, 5.41) is 13.6. The largest absolute Gasteiger partial charge is 0.481 e. The fourth-order valence-electron chi connectivity index (χ4n) is 2.37. The lowest BCUT2D eigenvalue weighted by Gasteiger charge is -2.08. The number of benzene rings is 1. The Morgan fingerprint density at radius 1 is 1.35 bits per heavy atom. The molecular weight excluding hydrogens is 252 g/mol. The molecule has 1 heterocycles. The molecule has 1 N–H and O–H groups in total. The van der Waals surface area contributed by atoms with Crippen LogP contribution < -0.4 is 0 Å². The van der Waals surface area contributed by atoms with Crippen LogP contribution in [-0.2, 0) is 11.2 Å². The van der Waals surface area contributed by atoms with Crippen LogP contribution in [0.4, 0.5) is 0 Å². The van der Waals surface area contributed by atoms with E-state index in [0.29, 0.717) is 6.42 Å². The highest BCUT2D eigenvalue weighted by Gasteiger charge is 2.18. The van der Waals surface area contributed by atoms with E-state index >= 15 is 0 Å². The second-order valence-corrected chi connectivity index (χ2v) is 5.34. The van der Waals surface area contributed by atoms with Crippen LogP contribution in [0.1, 0.15) is 29.4 Å². The second kappa shape index (κ2) is 5.49. The molecule has 20 heavy (non-hydrogen) atoms. The first kappa shape index (κ1) is 14.3. The molecule has 0 radical (unpaired) electrons. The average Bonchev–Trinajstić information content (AvgIpc) is 2.66. The predicted octanol–water partition coefficient (Wildman–Crippen LogP) is 3.06. The summed E-state index contributed by atoms with van der Waals surface area (Å²) >= 11 is 0. The van der Waals surface area contributed by atoms with E-state index in [1.54, 1.807) is 6.92 Å². The normalized spacial score (nSPS) is 12.4. The van der Waals surface area contributed by atoms with Crippen LogP contribution in [0.3, 0.4) is 0 Å². The summed E-state index contributed by atoms with van der Waals surface area (Å²) in [6.07, 6.45) is 0.513. The van der Waals surface area contributed by atoms with Gasteiger partial charge in [-0.2, -0.15) is 5.10 Å². The highest BCUT2D eigenvalue weighted by Crippen LogP contribution is 2.21. The summed E-state index contributed by atoms with van der Waals surface area (Å²) in [6.45, 7) is 7.70. The molecule has 1 unspecified atom stereocenters. The van der Waals surface area contributed by atoms with E-state index in [2.05, 4.69) is 11.2 Å². The fraction of sp³-hybridized carbons (Fsp3) is 0.375. The minimum absolute atomic E-state index is 0.400. The van der Waals surface area contributed by atoms with Gasteiger partial charge in [-0.15, -0.1) is 0 Å². The van der Waals surface area contributed by atoms with Crippen LogP contribution in [0.25, 0.3) is 5.69 Å². The Kier molecular flexibility index (Phi) is 3.93. The molecule has 1 atom stereocenters. The average molecular weight is 272 g/mol. The van der Waals surface area contributed by atoms with Crippen molar-refractivity contribution in [2.75, 3.05) is 0 Å². The molecular formula is C16H20N2O2. The Bertz CT molecular complexity index is 644. The van der Waals surface area contributed by atoms with E-state index in [0.717, 1.165) is 22.6 Å². The number of carbonyl (C=O) groups is 1. The first-order valence-corrected chi connectivity index (χ1v) is 6.75. The molecule has 0 saturated heterocycles. The summed E-state index contributed by atoms with van der Waals surface area (Å²) in [5.41, 5.74) is 5.13. The van der Waals surface area contributed by atoms with Crippen molar-refractivity contribution in [2.45, 2.75) is 34.1 Å². The predicted molar refractivity (Wildman–Crippen MR) is 78.3 cm³/mol. The van der Waals surface area contributed by atoms with Gasteiger partial charge in [0.05, 0.1) is 17.3 Å². The van der Waals surface area contributed by atoms with Gasteiger partial charge in [-0.1, -0.05) is 19.1 Å². The van der Waals surface area contributed by atoms with Gasteiger partial charge in [0.2, 0.25) is 0 Å². The van der Waals surface area contributed by atoms with E-state index in [-0.39, 0.29) is 0 Å². The van der Waals surface area contributed by atoms with Crippen molar-refractivity contribution in [1.82, 2.24) is 9.78 Å². The van der Waals surface area contributed by atoms with Crippen molar-refractivity contribution >= 4 is 5.97 Å². The number of rotatable bonds is 4. The van der Waals surface area contributed by atoms with Crippen molar-refractivity contribution < 1.29 is 9.90 Å². The van der Waals surface area contributed by atoms with Gasteiger partial charge in [0.15, 0.2) is 0 Å². The second-order valence-electron chi connectivity index (χ2n) is 5.34. The molecule has 0 amide bonds. The monoisotopic (exact) mass is 272 g/mol. The molecule has 2 rings (SSSR count). The minimum atomic E-state index is -0.771. The lowest BCUT2D eigenvalue weighted by molar-refractivity contribution is -0.141. The number of hydrogen-bond donors (Lipinski definition) is 1. The molecule has 0 saturated carbocycles. The molecule has 0 bridgehead atoms. The lowest BCUT2D eigenvalue weighted by atomic mass is 10.00. The lowest BCUT2D eigenvalue weighted by Crippen LogP contribution is -2.13. The minimum Gasteiger partial charge on any atom is -0.481 e. The highest BCUT2D eigenvalue weighted by molar-refractivity contribution is 5.70. The number of aromatic nitrogens is 2. The van der Waals surface area contributed by atoms with Crippen LogP contribution in [0.5, 0.6) is 0 Å². The van der Waals surface area contributed by atoms with Crippen molar-refractivity contribution in [3.8, 4) is 5.69 Å². The first-order valence-electron chi connectivity index (χ1n) is 6.75. The Labute approximate surface area is 119 Å². The van der Waals surface area contributed by atoms with E-state index in [1.807, 2.05) is 43.7 Å². The molecule has 0 aliphatic heterocycles. The van der Waals surface area contributed by atoms with E-state index < -0.39 is 11.9 Å². The van der Waals surface area contributed by atoms with Crippen molar-refractivity contribution in [2.24, 2.45) is 5.92 Å². The Morgan fingerprint density at radius 2 is 2.05 bits per heavy atom. The van der Waals surface area contributed by atoms with Gasteiger partial charge in [0.25, 0.3) is 0 Å². The molecule has 1 aromatic carbocycles. The summed E-state index contributed by atoms with van der Waals surface area (Å²) in [6, 6.07) is 8.13. The molecule has 4 heteroatoms. The molecule has 0 spiro atoms. The van der Waals surface area contributed by atoms with Crippen molar-refractivity contribution in [3.63, 3.8) is 0 Å². The van der Waals surface area contributed by atoms with Gasteiger partial charge in [-0.25, -0.2) is 4.68 Å². The highest BCUT2D eigenvalue weighted by atomic mass is 16.4.